The molecule has 1 amide bonds. The number of nitrogens with one attached hydrogen (secondary N) is 1. The number of rotatable bonds is 2. The summed E-state index contributed by atoms with van der Waals surface area (Å²) >= 11 is 8.95. The summed E-state index contributed by atoms with van der Waals surface area (Å²) in [7, 11) is 0. The molecule has 0 saturated heterocycles. The van der Waals surface area contributed by atoms with E-state index in [0.29, 0.717) is 10.2 Å². The standard InChI is InChI=1S/C12H8BrClFN3O/c13-8-4-6(16)5-17-11(8)18-12(19)7-2-1-3-9(15)10(7)14/h1-5H,16H2,(H,17,18,19). The molecule has 3 N–H and O–H groups in total. The van der Waals surface area contributed by atoms with Gasteiger partial charge in [0, 0.05) is 0 Å². The minimum absolute atomic E-state index is 0.0344. The van der Waals surface area contributed by atoms with E-state index in [9.17, 15) is 9.18 Å². The average Bonchev–Trinajstić information content (AvgIpc) is 2.36. The fourth-order valence-corrected chi connectivity index (χ4v) is 2.08. The predicted molar refractivity (Wildman–Crippen MR) is 75.7 cm³/mol. The fraction of sp³-hybridized carbons (Fsp3) is 0. The molecule has 0 aliphatic rings. The van der Waals surface area contributed by atoms with Crippen molar-refractivity contribution in [3.05, 3.63) is 51.3 Å². The van der Waals surface area contributed by atoms with Gasteiger partial charge in [-0.05, 0) is 34.1 Å². The van der Waals surface area contributed by atoms with Gasteiger partial charge in [-0.2, -0.15) is 0 Å². The number of anilines is 2. The molecule has 0 saturated carbocycles. The van der Waals surface area contributed by atoms with Gasteiger partial charge < -0.3 is 11.1 Å². The number of nitrogens with zero attached hydrogens (tertiary/aromatic N) is 1. The monoisotopic (exact) mass is 343 g/mol. The predicted octanol–water partition coefficient (Wildman–Crippen LogP) is 3.47. The second-order valence-electron chi connectivity index (χ2n) is 3.65. The molecule has 0 fully saturated rings. The van der Waals surface area contributed by atoms with Crippen LogP contribution in [0.4, 0.5) is 15.9 Å². The molecule has 2 rings (SSSR count). The summed E-state index contributed by atoms with van der Waals surface area (Å²) in [4.78, 5) is 15.9. The van der Waals surface area contributed by atoms with Crippen molar-refractivity contribution in [3.63, 3.8) is 0 Å². The molecule has 0 spiro atoms. The molecule has 19 heavy (non-hydrogen) atoms. The second-order valence-corrected chi connectivity index (χ2v) is 4.89. The highest BCUT2D eigenvalue weighted by Gasteiger charge is 2.15. The topological polar surface area (TPSA) is 68.0 Å². The van der Waals surface area contributed by atoms with Gasteiger partial charge in [0.05, 0.1) is 26.9 Å². The van der Waals surface area contributed by atoms with Gasteiger partial charge in [0.2, 0.25) is 0 Å². The van der Waals surface area contributed by atoms with E-state index in [-0.39, 0.29) is 16.4 Å². The third-order valence-corrected chi connectivity index (χ3v) is 3.28. The lowest BCUT2D eigenvalue weighted by Gasteiger charge is -2.08. The van der Waals surface area contributed by atoms with Crippen molar-refractivity contribution in [1.82, 2.24) is 4.98 Å². The fourth-order valence-electron chi connectivity index (χ4n) is 1.40. The molecular weight excluding hydrogens is 337 g/mol. The molecule has 1 aromatic carbocycles. The highest BCUT2D eigenvalue weighted by atomic mass is 79.9. The van der Waals surface area contributed by atoms with Crippen LogP contribution in [0.15, 0.2) is 34.9 Å². The first kappa shape index (κ1) is 13.8. The maximum absolute atomic E-state index is 13.3. The zero-order chi connectivity index (χ0) is 14.0. The summed E-state index contributed by atoms with van der Waals surface area (Å²) < 4.78 is 13.8. The maximum atomic E-state index is 13.3. The number of hydrogen-bond donors (Lipinski definition) is 2. The van der Waals surface area contributed by atoms with Gasteiger partial charge in [-0.15, -0.1) is 0 Å². The summed E-state index contributed by atoms with van der Waals surface area (Å²) in [6, 6.07) is 5.60. The quantitative estimate of drug-likeness (QED) is 0.876. The van der Waals surface area contributed by atoms with Crippen molar-refractivity contribution in [2.24, 2.45) is 0 Å². The van der Waals surface area contributed by atoms with E-state index in [1.807, 2.05) is 0 Å². The van der Waals surface area contributed by atoms with E-state index in [2.05, 4.69) is 26.2 Å². The molecule has 0 atom stereocenters. The van der Waals surface area contributed by atoms with Crippen molar-refractivity contribution >= 4 is 44.9 Å². The molecule has 2 aromatic rings. The summed E-state index contributed by atoms with van der Waals surface area (Å²) in [6.07, 6.45) is 1.40. The number of aromatic nitrogens is 1. The summed E-state index contributed by atoms with van der Waals surface area (Å²) in [5.74, 6) is -0.930. The summed E-state index contributed by atoms with van der Waals surface area (Å²) in [6.45, 7) is 0. The van der Waals surface area contributed by atoms with Crippen LogP contribution in [0, 0.1) is 5.82 Å². The van der Waals surface area contributed by atoms with Crippen LogP contribution in [0.5, 0.6) is 0 Å². The third-order valence-electron chi connectivity index (χ3n) is 2.29. The van der Waals surface area contributed by atoms with Crippen molar-refractivity contribution in [2.75, 3.05) is 11.1 Å². The zero-order valence-corrected chi connectivity index (χ0v) is 11.8. The van der Waals surface area contributed by atoms with Gasteiger partial charge in [-0.25, -0.2) is 9.37 Å². The van der Waals surface area contributed by atoms with E-state index in [4.69, 9.17) is 17.3 Å². The number of nitrogen functional groups attached to an aromatic ring is 1. The number of amides is 1. The second kappa shape index (κ2) is 5.54. The normalized spacial score (nSPS) is 10.3. The van der Waals surface area contributed by atoms with E-state index >= 15 is 0 Å². The molecule has 0 aliphatic carbocycles. The first-order valence-corrected chi connectivity index (χ1v) is 6.32. The van der Waals surface area contributed by atoms with Gasteiger partial charge in [0.15, 0.2) is 0 Å². The Morgan fingerprint density at radius 3 is 2.89 bits per heavy atom. The number of hydrogen-bond acceptors (Lipinski definition) is 3. The molecule has 0 radical (unpaired) electrons. The smallest absolute Gasteiger partial charge is 0.258 e. The van der Waals surface area contributed by atoms with Crippen molar-refractivity contribution in [1.29, 1.82) is 0 Å². The molecular formula is C12H8BrClFN3O. The number of pyridine rings is 1. The Morgan fingerprint density at radius 2 is 2.21 bits per heavy atom. The maximum Gasteiger partial charge on any atom is 0.258 e. The molecule has 0 bridgehead atoms. The Hall–Kier alpha value is -1.66. The highest BCUT2D eigenvalue weighted by molar-refractivity contribution is 9.10. The van der Waals surface area contributed by atoms with E-state index in [1.54, 1.807) is 6.07 Å². The third kappa shape index (κ3) is 3.02. The van der Waals surface area contributed by atoms with Gasteiger partial charge in [-0.1, -0.05) is 17.7 Å². The molecule has 7 heteroatoms. The highest BCUT2D eigenvalue weighted by Crippen LogP contribution is 2.24. The lowest BCUT2D eigenvalue weighted by Crippen LogP contribution is -2.14. The molecule has 0 unspecified atom stereocenters. The van der Waals surface area contributed by atoms with Crippen LogP contribution in [-0.2, 0) is 0 Å². The Balaban J connectivity index is 2.28. The number of halogens is 3. The molecule has 0 aliphatic heterocycles. The van der Waals surface area contributed by atoms with Crippen molar-refractivity contribution in [3.8, 4) is 0 Å². The van der Waals surface area contributed by atoms with Crippen LogP contribution in [0.25, 0.3) is 0 Å². The summed E-state index contributed by atoms with van der Waals surface area (Å²) in [5, 5.41) is 2.29. The van der Waals surface area contributed by atoms with E-state index < -0.39 is 11.7 Å². The molecule has 4 nitrogen and oxygen atoms in total. The van der Waals surface area contributed by atoms with Crippen LogP contribution in [0.3, 0.4) is 0 Å². The minimum Gasteiger partial charge on any atom is -0.397 e. The average molecular weight is 345 g/mol. The van der Waals surface area contributed by atoms with Gasteiger partial charge in [0.1, 0.15) is 11.6 Å². The Kier molecular flexibility index (Phi) is 4.01. The minimum atomic E-state index is -0.654. The van der Waals surface area contributed by atoms with Crippen LogP contribution in [0.1, 0.15) is 10.4 Å². The number of benzene rings is 1. The molecule has 1 heterocycles. The van der Waals surface area contributed by atoms with Crippen molar-refractivity contribution in [2.45, 2.75) is 0 Å². The number of carbonyl (C=O) groups is 1. The van der Waals surface area contributed by atoms with Crippen LogP contribution >= 0.6 is 27.5 Å². The molecule has 1 aromatic heterocycles. The SMILES string of the molecule is Nc1cnc(NC(=O)c2cccc(F)c2Cl)c(Br)c1. The number of carbonyl (C=O) groups excluding carboxylic acids is 1. The van der Waals surface area contributed by atoms with Crippen LogP contribution in [-0.4, -0.2) is 10.9 Å². The first-order valence-electron chi connectivity index (χ1n) is 5.15. The Morgan fingerprint density at radius 1 is 1.47 bits per heavy atom. The first-order chi connectivity index (χ1) is 8.99. The molecule has 98 valence electrons. The van der Waals surface area contributed by atoms with Crippen molar-refractivity contribution < 1.29 is 9.18 Å². The van der Waals surface area contributed by atoms with E-state index in [1.165, 1.54) is 24.4 Å². The van der Waals surface area contributed by atoms with E-state index in [0.717, 1.165) is 0 Å². The van der Waals surface area contributed by atoms with Crippen LogP contribution in [0.2, 0.25) is 5.02 Å². The Labute approximate surface area is 121 Å². The Bertz CT molecular complexity index is 651. The van der Waals surface area contributed by atoms with Gasteiger partial charge >= 0.3 is 0 Å². The lowest BCUT2D eigenvalue weighted by molar-refractivity contribution is 0.102. The van der Waals surface area contributed by atoms with Gasteiger partial charge in [-0.3, -0.25) is 4.79 Å². The van der Waals surface area contributed by atoms with Gasteiger partial charge in [0.25, 0.3) is 5.91 Å². The largest absolute Gasteiger partial charge is 0.397 e. The van der Waals surface area contributed by atoms with Crippen LogP contribution < -0.4 is 11.1 Å². The summed E-state index contributed by atoms with van der Waals surface area (Å²) in [5.41, 5.74) is 6.02. The zero-order valence-electron chi connectivity index (χ0n) is 9.45. The lowest BCUT2D eigenvalue weighted by atomic mass is 10.2. The number of nitrogens with two attached hydrogens (primary N) is 1.